The van der Waals surface area contributed by atoms with Crippen LogP contribution in [0, 0.1) is 18.8 Å². The second-order valence-electron chi connectivity index (χ2n) is 5.60. The standard InChI is InChI=1S/C15H18BrNO/c1-10-4-2-7-13(14(10)16)15(18)17-8-11-5-3-6-12(11)9-17/h2,4,7,11-12H,3,5-6,8-9H2,1H3. The van der Waals surface area contributed by atoms with Crippen molar-refractivity contribution in [2.75, 3.05) is 13.1 Å². The molecule has 0 radical (unpaired) electrons. The Kier molecular flexibility index (Phi) is 3.18. The lowest BCUT2D eigenvalue weighted by molar-refractivity contribution is 0.0779. The van der Waals surface area contributed by atoms with E-state index in [4.69, 9.17) is 0 Å². The molecule has 1 aromatic rings. The number of nitrogens with zero attached hydrogens (tertiary/aromatic N) is 1. The van der Waals surface area contributed by atoms with Gasteiger partial charge in [-0.15, -0.1) is 0 Å². The normalized spacial score (nSPS) is 26.4. The highest BCUT2D eigenvalue weighted by Crippen LogP contribution is 2.38. The minimum absolute atomic E-state index is 0.194. The van der Waals surface area contributed by atoms with Gasteiger partial charge in [0.15, 0.2) is 0 Å². The number of hydrogen-bond acceptors (Lipinski definition) is 1. The SMILES string of the molecule is Cc1cccc(C(=O)N2CC3CCCC3C2)c1Br. The molecule has 0 bridgehead atoms. The number of aryl methyl sites for hydroxylation is 1. The minimum Gasteiger partial charge on any atom is -0.338 e. The van der Waals surface area contributed by atoms with Gasteiger partial charge in [-0.05, 0) is 59.2 Å². The molecule has 1 aliphatic heterocycles. The topological polar surface area (TPSA) is 20.3 Å². The lowest BCUT2D eigenvalue weighted by atomic mass is 10.0. The summed E-state index contributed by atoms with van der Waals surface area (Å²) in [6.45, 7) is 3.95. The molecule has 1 amide bonds. The van der Waals surface area contributed by atoms with Gasteiger partial charge in [-0.1, -0.05) is 18.6 Å². The molecule has 0 aromatic heterocycles. The van der Waals surface area contributed by atoms with Crippen molar-refractivity contribution in [2.45, 2.75) is 26.2 Å². The zero-order chi connectivity index (χ0) is 12.7. The van der Waals surface area contributed by atoms with E-state index in [0.717, 1.165) is 40.5 Å². The number of rotatable bonds is 1. The first-order valence-corrected chi connectivity index (χ1v) is 7.50. The highest BCUT2D eigenvalue weighted by atomic mass is 79.9. The summed E-state index contributed by atoms with van der Waals surface area (Å²) in [4.78, 5) is 14.6. The Bertz CT molecular complexity index is 473. The van der Waals surface area contributed by atoms with Crippen LogP contribution in [0.5, 0.6) is 0 Å². The number of amides is 1. The summed E-state index contributed by atoms with van der Waals surface area (Å²) in [7, 11) is 0. The summed E-state index contributed by atoms with van der Waals surface area (Å²) in [6, 6.07) is 5.91. The molecule has 2 aliphatic rings. The fourth-order valence-electron chi connectivity index (χ4n) is 3.38. The molecule has 2 unspecified atom stereocenters. The maximum absolute atomic E-state index is 12.5. The molecular weight excluding hydrogens is 290 g/mol. The predicted octanol–water partition coefficient (Wildman–Crippen LogP) is 3.63. The lowest BCUT2D eigenvalue weighted by Crippen LogP contribution is -2.29. The van der Waals surface area contributed by atoms with E-state index in [2.05, 4.69) is 15.9 Å². The third kappa shape index (κ3) is 1.99. The highest BCUT2D eigenvalue weighted by molar-refractivity contribution is 9.10. The van der Waals surface area contributed by atoms with Gasteiger partial charge in [-0.25, -0.2) is 0 Å². The van der Waals surface area contributed by atoms with Crippen LogP contribution in [-0.4, -0.2) is 23.9 Å². The van der Waals surface area contributed by atoms with Gasteiger partial charge in [0.1, 0.15) is 0 Å². The van der Waals surface area contributed by atoms with Crippen molar-refractivity contribution >= 4 is 21.8 Å². The number of halogens is 1. The van der Waals surface area contributed by atoms with E-state index in [1.54, 1.807) is 0 Å². The lowest BCUT2D eigenvalue weighted by Gasteiger charge is -2.18. The van der Waals surface area contributed by atoms with Gasteiger partial charge in [-0.2, -0.15) is 0 Å². The monoisotopic (exact) mass is 307 g/mol. The van der Waals surface area contributed by atoms with Crippen LogP contribution < -0.4 is 0 Å². The Balaban J connectivity index is 1.81. The second kappa shape index (κ2) is 4.69. The molecular formula is C15H18BrNO. The molecule has 3 heteroatoms. The molecule has 0 spiro atoms. The molecule has 3 rings (SSSR count). The minimum atomic E-state index is 0.194. The first-order valence-electron chi connectivity index (χ1n) is 6.71. The smallest absolute Gasteiger partial charge is 0.255 e. The van der Waals surface area contributed by atoms with Crippen molar-refractivity contribution in [1.82, 2.24) is 4.90 Å². The van der Waals surface area contributed by atoms with Crippen LogP contribution in [-0.2, 0) is 0 Å². The molecule has 2 atom stereocenters. The van der Waals surface area contributed by atoms with Crippen LogP contribution in [0.2, 0.25) is 0 Å². The van der Waals surface area contributed by atoms with E-state index in [9.17, 15) is 4.79 Å². The first-order chi connectivity index (χ1) is 8.66. The van der Waals surface area contributed by atoms with Crippen molar-refractivity contribution < 1.29 is 4.79 Å². The third-order valence-electron chi connectivity index (χ3n) is 4.44. The Labute approximate surface area is 116 Å². The summed E-state index contributed by atoms with van der Waals surface area (Å²) in [5, 5.41) is 0. The maximum Gasteiger partial charge on any atom is 0.255 e. The molecule has 2 fully saturated rings. The number of carbonyl (C=O) groups excluding carboxylic acids is 1. The van der Waals surface area contributed by atoms with Crippen molar-refractivity contribution in [3.8, 4) is 0 Å². The van der Waals surface area contributed by atoms with E-state index in [0.29, 0.717) is 0 Å². The van der Waals surface area contributed by atoms with E-state index in [1.807, 2.05) is 30.0 Å². The average molecular weight is 308 g/mol. The molecule has 1 saturated carbocycles. The van der Waals surface area contributed by atoms with E-state index in [1.165, 1.54) is 19.3 Å². The molecule has 1 aliphatic carbocycles. The molecule has 96 valence electrons. The highest BCUT2D eigenvalue weighted by Gasteiger charge is 2.38. The van der Waals surface area contributed by atoms with Crippen molar-refractivity contribution in [2.24, 2.45) is 11.8 Å². The fraction of sp³-hybridized carbons (Fsp3) is 0.533. The van der Waals surface area contributed by atoms with Crippen LogP contribution in [0.3, 0.4) is 0 Å². The number of carbonyl (C=O) groups is 1. The number of hydrogen-bond donors (Lipinski definition) is 0. The summed E-state index contributed by atoms with van der Waals surface area (Å²) < 4.78 is 0.951. The van der Waals surface area contributed by atoms with Crippen LogP contribution in [0.4, 0.5) is 0 Å². The largest absolute Gasteiger partial charge is 0.338 e. The molecule has 1 saturated heterocycles. The third-order valence-corrected chi connectivity index (χ3v) is 5.49. The van der Waals surface area contributed by atoms with Gasteiger partial charge < -0.3 is 4.90 Å². The Hall–Kier alpha value is -0.830. The quantitative estimate of drug-likeness (QED) is 0.776. The summed E-state index contributed by atoms with van der Waals surface area (Å²) in [5.41, 5.74) is 1.94. The first kappa shape index (κ1) is 12.2. The number of benzene rings is 1. The van der Waals surface area contributed by atoms with Gasteiger partial charge in [0.25, 0.3) is 5.91 Å². The van der Waals surface area contributed by atoms with Crippen molar-refractivity contribution in [3.05, 3.63) is 33.8 Å². The number of fused-ring (bicyclic) bond motifs is 1. The molecule has 0 N–H and O–H groups in total. The number of likely N-dealkylation sites (tertiary alicyclic amines) is 1. The van der Waals surface area contributed by atoms with Gasteiger partial charge in [-0.3, -0.25) is 4.79 Å². The fourth-order valence-corrected chi connectivity index (χ4v) is 3.82. The van der Waals surface area contributed by atoms with Crippen LogP contribution in [0.15, 0.2) is 22.7 Å². The summed E-state index contributed by atoms with van der Waals surface area (Å²) in [6.07, 6.45) is 3.97. The zero-order valence-electron chi connectivity index (χ0n) is 10.7. The maximum atomic E-state index is 12.5. The van der Waals surface area contributed by atoms with Crippen LogP contribution in [0.1, 0.15) is 35.2 Å². The average Bonchev–Trinajstić information content (AvgIpc) is 2.92. The van der Waals surface area contributed by atoms with Crippen LogP contribution in [0.25, 0.3) is 0 Å². The second-order valence-corrected chi connectivity index (χ2v) is 6.39. The Morgan fingerprint density at radius 3 is 2.61 bits per heavy atom. The van der Waals surface area contributed by atoms with Gasteiger partial charge >= 0.3 is 0 Å². The van der Waals surface area contributed by atoms with Crippen LogP contribution >= 0.6 is 15.9 Å². The summed E-state index contributed by atoms with van der Waals surface area (Å²) in [5.74, 6) is 1.72. The van der Waals surface area contributed by atoms with E-state index >= 15 is 0 Å². The zero-order valence-corrected chi connectivity index (χ0v) is 12.2. The summed E-state index contributed by atoms with van der Waals surface area (Å²) >= 11 is 3.54. The van der Waals surface area contributed by atoms with Gasteiger partial charge in [0.2, 0.25) is 0 Å². The molecule has 1 heterocycles. The van der Waals surface area contributed by atoms with Gasteiger partial charge in [0.05, 0.1) is 5.56 Å². The Morgan fingerprint density at radius 1 is 1.28 bits per heavy atom. The van der Waals surface area contributed by atoms with Crippen molar-refractivity contribution in [3.63, 3.8) is 0 Å². The van der Waals surface area contributed by atoms with E-state index in [-0.39, 0.29) is 5.91 Å². The molecule has 1 aromatic carbocycles. The van der Waals surface area contributed by atoms with E-state index < -0.39 is 0 Å². The van der Waals surface area contributed by atoms with Gasteiger partial charge in [0, 0.05) is 17.6 Å². The molecule has 18 heavy (non-hydrogen) atoms. The van der Waals surface area contributed by atoms with Crippen molar-refractivity contribution in [1.29, 1.82) is 0 Å². The Morgan fingerprint density at radius 2 is 1.94 bits per heavy atom. The molecule has 2 nitrogen and oxygen atoms in total. The predicted molar refractivity (Wildman–Crippen MR) is 75.6 cm³/mol.